The summed E-state index contributed by atoms with van der Waals surface area (Å²) in [5.74, 6) is 0.684. The predicted octanol–water partition coefficient (Wildman–Crippen LogP) is 2.32. The van der Waals surface area contributed by atoms with Gasteiger partial charge in [-0.3, -0.25) is 4.79 Å². The number of aromatic nitrogens is 1. The first kappa shape index (κ1) is 13.9. The van der Waals surface area contributed by atoms with Crippen LogP contribution in [0.4, 0.5) is 0 Å². The lowest BCUT2D eigenvalue weighted by Crippen LogP contribution is -2.31. The molecule has 1 aromatic carbocycles. The number of hydrogen-bond acceptors (Lipinski definition) is 4. The monoisotopic (exact) mass is 288 g/mol. The first-order chi connectivity index (χ1) is 10.2. The van der Waals surface area contributed by atoms with Crippen molar-refractivity contribution in [3.05, 3.63) is 29.5 Å². The maximum atomic E-state index is 11.7. The second-order valence-corrected chi connectivity index (χ2v) is 5.19. The van der Waals surface area contributed by atoms with E-state index in [1.54, 1.807) is 7.11 Å². The van der Waals surface area contributed by atoms with E-state index in [1.807, 2.05) is 19.1 Å². The molecule has 0 aliphatic carbocycles. The topological polar surface area (TPSA) is 63.3 Å². The highest BCUT2D eigenvalue weighted by Crippen LogP contribution is 2.33. The minimum Gasteiger partial charge on any atom is -0.497 e. The smallest absolute Gasteiger partial charge is 0.307 e. The molecule has 0 radical (unpaired) electrons. The second kappa shape index (κ2) is 5.77. The van der Waals surface area contributed by atoms with Crippen LogP contribution in [0.15, 0.2) is 18.2 Å². The van der Waals surface area contributed by atoms with Crippen molar-refractivity contribution in [2.75, 3.05) is 20.3 Å². The molecule has 0 saturated heterocycles. The lowest BCUT2D eigenvalue weighted by atomic mass is 9.97. The summed E-state index contributed by atoms with van der Waals surface area (Å²) in [5, 5.41) is 4.57. The first-order valence-corrected chi connectivity index (χ1v) is 7.30. The van der Waals surface area contributed by atoms with Gasteiger partial charge in [0.05, 0.1) is 26.2 Å². The molecule has 0 fully saturated rings. The Morgan fingerprint density at radius 2 is 2.29 bits per heavy atom. The Kier molecular flexibility index (Phi) is 3.84. The number of H-pyrrole nitrogens is 1. The van der Waals surface area contributed by atoms with Gasteiger partial charge in [-0.05, 0) is 43.7 Å². The zero-order valence-electron chi connectivity index (χ0n) is 12.4. The molecule has 3 rings (SSSR count). The van der Waals surface area contributed by atoms with E-state index in [0.29, 0.717) is 13.0 Å². The molecule has 5 nitrogen and oxygen atoms in total. The number of carbonyl (C=O) groups is 1. The van der Waals surface area contributed by atoms with Crippen LogP contribution in [0, 0.1) is 0 Å². The fourth-order valence-electron chi connectivity index (χ4n) is 2.98. The van der Waals surface area contributed by atoms with Crippen molar-refractivity contribution < 1.29 is 14.3 Å². The summed E-state index contributed by atoms with van der Waals surface area (Å²) in [7, 11) is 1.67. The molecule has 21 heavy (non-hydrogen) atoms. The van der Waals surface area contributed by atoms with Gasteiger partial charge in [0.2, 0.25) is 0 Å². The first-order valence-electron chi connectivity index (χ1n) is 7.30. The highest BCUT2D eigenvalue weighted by molar-refractivity contribution is 5.87. The van der Waals surface area contributed by atoms with Crippen LogP contribution in [0.5, 0.6) is 5.75 Å². The van der Waals surface area contributed by atoms with Gasteiger partial charge >= 0.3 is 5.97 Å². The molecule has 1 aromatic heterocycles. The van der Waals surface area contributed by atoms with Crippen LogP contribution >= 0.6 is 0 Å². The van der Waals surface area contributed by atoms with Crippen LogP contribution in [-0.4, -0.2) is 31.2 Å². The quantitative estimate of drug-likeness (QED) is 0.848. The number of rotatable bonds is 4. The zero-order chi connectivity index (χ0) is 14.8. The highest BCUT2D eigenvalue weighted by Gasteiger charge is 2.26. The molecule has 2 aromatic rings. The Bertz CT molecular complexity index is 663. The number of methoxy groups -OCH3 is 1. The second-order valence-electron chi connectivity index (χ2n) is 5.19. The molecule has 1 atom stereocenters. The number of hydrogen-bond donors (Lipinski definition) is 2. The van der Waals surface area contributed by atoms with Crippen LogP contribution in [0.1, 0.15) is 30.6 Å². The van der Waals surface area contributed by atoms with Gasteiger partial charge in [0.1, 0.15) is 5.75 Å². The van der Waals surface area contributed by atoms with Gasteiger partial charge in [0.25, 0.3) is 0 Å². The average molecular weight is 288 g/mol. The summed E-state index contributed by atoms with van der Waals surface area (Å²) >= 11 is 0. The minimum absolute atomic E-state index is 0.00815. The number of benzene rings is 1. The number of aromatic amines is 1. The van der Waals surface area contributed by atoms with Crippen molar-refractivity contribution in [1.82, 2.24) is 10.3 Å². The number of ether oxygens (including phenoxy) is 2. The van der Waals surface area contributed by atoms with Gasteiger partial charge in [-0.25, -0.2) is 0 Å². The third-order valence-corrected chi connectivity index (χ3v) is 3.94. The van der Waals surface area contributed by atoms with Crippen LogP contribution in [-0.2, 0) is 16.0 Å². The lowest BCUT2D eigenvalue weighted by molar-refractivity contribution is -0.143. The van der Waals surface area contributed by atoms with Crippen LogP contribution in [0.25, 0.3) is 10.9 Å². The summed E-state index contributed by atoms with van der Waals surface area (Å²) in [6.07, 6.45) is 1.30. The Balaban J connectivity index is 1.96. The largest absolute Gasteiger partial charge is 0.497 e. The molecular weight excluding hydrogens is 268 g/mol. The van der Waals surface area contributed by atoms with E-state index in [4.69, 9.17) is 9.47 Å². The molecule has 0 spiro atoms. The number of fused-ring (bicyclic) bond motifs is 3. The Morgan fingerprint density at radius 1 is 1.43 bits per heavy atom. The third kappa shape index (κ3) is 2.61. The van der Waals surface area contributed by atoms with Crippen LogP contribution in [0.2, 0.25) is 0 Å². The lowest BCUT2D eigenvalue weighted by Gasteiger charge is -2.23. The molecule has 112 valence electrons. The highest BCUT2D eigenvalue weighted by atomic mass is 16.5. The molecule has 2 N–H and O–H groups in total. The standard InChI is InChI=1S/C16H20N2O3/c1-3-21-15(19)9-14-16-11(6-7-17-14)12-8-10(20-2)4-5-13(12)18-16/h4-5,8,14,17-18H,3,6-7,9H2,1-2H3/t14-/m1/s1. The maximum Gasteiger partial charge on any atom is 0.307 e. The fraction of sp³-hybridized carbons (Fsp3) is 0.438. The van der Waals surface area contributed by atoms with E-state index >= 15 is 0 Å². The van der Waals surface area contributed by atoms with Crippen molar-refractivity contribution in [3.63, 3.8) is 0 Å². The third-order valence-electron chi connectivity index (χ3n) is 3.94. The van der Waals surface area contributed by atoms with Gasteiger partial charge in [-0.1, -0.05) is 0 Å². The summed E-state index contributed by atoms with van der Waals surface area (Å²) in [6, 6.07) is 6.01. The molecule has 0 bridgehead atoms. The molecule has 2 heterocycles. The summed E-state index contributed by atoms with van der Waals surface area (Å²) in [6.45, 7) is 3.11. The number of esters is 1. The number of nitrogens with one attached hydrogen (secondary N) is 2. The van der Waals surface area contributed by atoms with Crippen molar-refractivity contribution in [3.8, 4) is 5.75 Å². The summed E-state index contributed by atoms with van der Waals surface area (Å²) in [4.78, 5) is 15.2. The minimum atomic E-state index is -0.168. The zero-order valence-corrected chi connectivity index (χ0v) is 12.4. The van der Waals surface area contributed by atoms with Crippen LogP contribution in [0.3, 0.4) is 0 Å². The molecule has 1 aliphatic rings. The maximum absolute atomic E-state index is 11.7. The molecular formula is C16H20N2O3. The van der Waals surface area contributed by atoms with Crippen molar-refractivity contribution in [2.45, 2.75) is 25.8 Å². The van der Waals surface area contributed by atoms with Crippen molar-refractivity contribution in [2.24, 2.45) is 0 Å². The van der Waals surface area contributed by atoms with Crippen LogP contribution < -0.4 is 10.1 Å². The van der Waals surface area contributed by atoms with Gasteiger partial charge in [-0.15, -0.1) is 0 Å². The van der Waals surface area contributed by atoms with Crippen molar-refractivity contribution >= 4 is 16.9 Å². The summed E-state index contributed by atoms with van der Waals surface area (Å²) in [5.41, 5.74) is 3.45. The molecule has 0 unspecified atom stereocenters. The Hall–Kier alpha value is -2.01. The van der Waals surface area contributed by atoms with E-state index in [9.17, 15) is 4.79 Å². The van der Waals surface area contributed by atoms with E-state index in [-0.39, 0.29) is 12.0 Å². The van der Waals surface area contributed by atoms with Gasteiger partial charge < -0.3 is 19.8 Å². The molecule has 0 saturated carbocycles. The average Bonchev–Trinajstić information content (AvgIpc) is 2.86. The predicted molar refractivity (Wildman–Crippen MR) is 80.5 cm³/mol. The molecule has 5 heteroatoms. The van der Waals surface area contributed by atoms with Gasteiger partial charge in [0.15, 0.2) is 0 Å². The Morgan fingerprint density at radius 3 is 3.05 bits per heavy atom. The number of carbonyl (C=O) groups excluding carboxylic acids is 1. The van der Waals surface area contributed by atoms with Crippen molar-refractivity contribution in [1.29, 1.82) is 0 Å². The van der Waals surface area contributed by atoms with E-state index < -0.39 is 0 Å². The van der Waals surface area contributed by atoms with E-state index in [2.05, 4.69) is 16.4 Å². The molecule has 0 amide bonds. The SMILES string of the molecule is CCOC(=O)C[C@H]1NCCc2c1[nH]c1ccc(OC)cc21. The molecule has 1 aliphatic heterocycles. The fourth-order valence-corrected chi connectivity index (χ4v) is 2.98. The Labute approximate surface area is 123 Å². The van der Waals surface area contributed by atoms with E-state index in [1.165, 1.54) is 10.9 Å². The normalized spacial score (nSPS) is 17.5. The summed E-state index contributed by atoms with van der Waals surface area (Å²) < 4.78 is 10.4. The van der Waals surface area contributed by atoms with Gasteiger partial charge in [-0.2, -0.15) is 0 Å². The van der Waals surface area contributed by atoms with E-state index in [0.717, 1.165) is 29.9 Å². The van der Waals surface area contributed by atoms with Gasteiger partial charge in [0, 0.05) is 16.6 Å².